The molecule has 0 saturated heterocycles. The van der Waals surface area contributed by atoms with Crippen molar-refractivity contribution in [3.8, 4) is 5.75 Å². The lowest BCUT2D eigenvalue weighted by atomic mass is 10.1. The first-order valence-electron chi connectivity index (χ1n) is 9.55. The largest absolute Gasteiger partial charge is 0.497 e. The van der Waals surface area contributed by atoms with Gasteiger partial charge in [-0.1, -0.05) is 36.4 Å². The molecule has 0 atom stereocenters. The maximum atomic E-state index is 5.43. The third-order valence-electron chi connectivity index (χ3n) is 4.12. The van der Waals surface area contributed by atoms with Gasteiger partial charge in [-0.2, -0.15) is 0 Å². The molecule has 0 aromatic heterocycles. The number of nitrogens with zero attached hydrogens (tertiary/aromatic N) is 1. The fourth-order valence-electron chi connectivity index (χ4n) is 2.59. The molecule has 5 heteroatoms. The number of guanidine groups is 1. The number of benzene rings is 2. The Labute approximate surface area is 162 Å². The number of ether oxygens (including phenoxy) is 2. The van der Waals surface area contributed by atoms with Crippen LogP contribution in [0.25, 0.3) is 0 Å². The van der Waals surface area contributed by atoms with E-state index in [0.717, 1.165) is 37.8 Å². The summed E-state index contributed by atoms with van der Waals surface area (Å²) in [5, 5.41) is 6.69. The molecule has 2 rings (SSSR count). The molecule has 27 heavy (non-hydrogen) atoms. The summed E-state index contributed by atoms with van der Waals surface area (Å²) in [6, 6.07) is 16.6. The lowest BCUT2D eigenvalue weighted by molar-refractivity contribution is 0.134. The lowest BCUT2D eigenvalue weighted by Crippen LogP contribution is -2.38. The molecular weight excluding hydrogens is 338 g/mol. The monoisotopic (exact) mass is 369 g/mol. The molecular formula is C22H31N3O2. The van der Waals surface area contributed by atoms with Gasteiger partial charge in [-0.05, 0) is 49.1 Å². The maximum Gasteiger partial charge on any atom is 0.191 e. The van der Waals surface area contributed by atoms with E-state index in [-0.39, 0.29) is 0 Å². The molecule has 5 nitrogen and oxygen atoms in total. The zero-order valence-electron chi connectivity index (χ0n) is 16.6. The number of aliphatic imine (C=N–C) groups is 1. The molecule has 146 valence electrons. The molecule has 0 unspecified atom stereocenters. The third kappa shape index (κ3) is 7.71. The Balaban J connectivity index is 1.83. The highest BCUT2D eigenvalue weighted by Gasteiger charge is 2.00. The molecule has 0 radical (unpaired) electrons. The topological polar surface area (TPSA) is 54.9 Å². The van der Waals surface area contributed by atoms with Crippen LogP contribution in [0.1, 0.15) is 30.5 Å². The first kappa shape index (κ1) is 20.8. The molecule has 0 aliphatic carbocycles. The van der Waals surface area contributed by atoms with Crippen molar-refractivity contribution in [2.24, 2.45) is 4.99 Å². The van der Waals surface area contributed by atoms with Crippen LogP contribution in [0.5, 0.6) is 5.75 Å². The van der Waals surface area contributed by atoms with Crippen molar-refractivity contribution in [2.75, 3.05) is 26.8 Å². The van der Waals surface area contributed by atoms with Crippen molar-refractivity contribution in [3.05, 3.63) is 65.2 Å². The molecule has 2 aromatic carbocycles. The summed E-state index contributed by atoms with van der Waals surface area (Å²) in [4.78, 5) is 4.68. The minimum atomic E-state index is 0.646. The Kier molecular flexibility index (Phi) is 9.21. The van der Waals surface area contributed by atoms with Crippen LogP contribution in [0.15, 0.2) is 53.5 Å². The molecule has 0 heterocycles. The van der Waals surface area contributed by atoms with E-state index in [1.807, 2.05) is 19.1 Å². The van der Waals surface area contributed by atoms with E-state index < -0.39 is 0 Å². The van der Waals surface area contributed by atoms with Crippen LogP contribution in [0.2, 0.25) is 0 Å². The fraction of sp³-hybridized carbons (Fsp3) is 0.409. The SMILES string of the molecule is CCNC(=NCc1ccc(COCC)cc1)NCCc1ccc(OC)cc1. The number of methoxy groups -OCH3 is 1. The first-order valence-corrected chi connectivity index (χ1v) is 9.55. The van der Waals surface area contributed by atoms with Crippen molar-refractivity contribution in [2.45, 2.75) is 33.4 Å². The Morgan fingerprint density at radius 3 is 2.19 bits per heavy atom. The maximum absolute atomic E-state index is 5.43. The predicted octanol–water partition coefficient (Wildman–Crippen LogP) is 3.53. The molecule has 0 spiro atoms. The predicted molar refractivity (Wildman–Crippen MR) is 111 cm³/mol. The van der Waals surface area contributed by atoms with Gasteiger partial charge in [0.05, 0.1) is 20.3 Å². The zero-order valence-corrected chi connectivity index (χ0v) is 16.6. The number of rotatable bonds is 10. The Bertz CT molecular complexity index is 682. The third-order valence-corrected chi connectivity index (χ3v) is 4.12. The van der Waals surface area contributed by atoms with E-state index in [0.29, 0.717) is 13.2 Å². The van der Waals surface area contributed by atoms with Gasteiger partial charge < -0.3 is 20.1 Å². The smallest absolute Gasteiger partial charge is 0.191 e. The van der Waals surface area contributed by atoms with Gasteiger partial charge in [0.25, 0.3) is 0 Å². The van der Waals surface area contributed by atoms with Crippen LogP contribution in [0.3, 0.4) is 0 Å². The van der Waals surface area contributed by atoms with Gasteiger partial charge in [-0.3, -0.25) is 0 Å². The van der Waals surface area contributed by atoms with E-state index in [4.69, 9.17) is 9.47 Å². The second-order valence-corrected chi connectivity index (χ2v) is 6.17. The molecule has 0 aliphatic rings. The Morgan fingerprint density at radius 2 is 1.56 bits per heavy atom. The summed E-state index contributed by atoms with van der Waals surface area (Å²) in [5.74, 6) is 1.72. The average Bonchev–Trinajstić information content (AvgIpc) is 2.71. The van der Waals surface area contributed by atoms with E-state index in [2.05, 4.69) is 58.9 Å². The highest BCUT2D eigenvalue weighted by molar-refractivity contribution is 5.79. The Morgan fingerprint density at radius 1 is 0.889 bits per heavy atom. The number of nitrogens with one attached hydrogen (secondary N) is 2. The van der Waals surface area contributed by atoms with Crippen LogP contribution < -0.4 is 15.4 Å². The Hall–Kier alpha value is -2.53. The van der Waals surface area contributed by atoms with Crippen LogP contribution in [-0.2, 0) is 24.3 Å². The van der Waals surface area contributed by atoms with Gasteiger partial charge in [-0.25, -0.2) is 4.99 Å². The van der Waals surface area contributed by atoms with E-state index in [1.165, 1.54) is 16.7 Å². The van der Waals surface area contributed by atoms with Crippen molar-refractivity contribution in [3.63, 3.8) is 0 Å². The molecule has 0 amide bonds. The van der Waals surface area contributed by atoms with Gasteiger partial charge in [0, 0.05) is 19.7 Å². The summed E-state index contributed by atoms with van der Waals surface area (Å²) < 4.78 is 10.6. The average molecular weight is 370 g/mol. The second kappa shape index (κ2) is 12.0. The standard InChI is InChI=1S/C22H31N3O2/c1-4-23-22(24-15-14-18-10-12-21(26-3)13-11-18)25-16-19-6-8-20(9-7-19)17-27-5-2/h6-13H,4-5,14-17H2,1-3H3,(H2,23,24,25). The van der Waals surface area contributed by atoms with Gasteiger partial charge in [0.15, 0.2) is 5.96 Å². The second-order valence-electron chi connectivity index (χ2n) is 6.17. The van der Waals surface area contributed by atoms with Crippen LogP contribution in [-0.4, -0.2) is 32.8 Å². The van der Waals surface area contributed by atoms with Crippen LogP contribution >= 0.6 is 0 Å². The first-order chi connectivity index (χ1) is 13.2. The summed E-state index contributed by atoms with van der Waals surface area (Å²) in [5.41, 5.74) is 3.64. The van der Waals surface area contributed by atoms with Crippen molar-refractivity contribution in [1.29, 1.82) is 0 Å². The molecule has 2 N–H and O–H groups in total. The zero-order chi connectivity index (χ0) is 19.3. The summed E-state index contributed by atoms with van der Waals surface area (Å²) >= 11 is 0. The summed E-state index contributed by atoms with van der Waals surface area (Å²) in [6.07, 6.45) is 0.931. The van der Waals surface area contributed by atoms with Gasteiger partial charge >= 0.3 is 0 Å². The van der Waals surface area contributed by atoms with Crippen LogP contribution in [0, 0.1) is 0 Å². The quantitative estimate of drug-likeness (QED) is 0.497. The van der Waals surface area contributed by atoms with Gasteiger partial charge in [0.1, 0.15) is 5.75 Å². The van der Waals surface area contributed by atoms with E-state index in [9.17, 15) is 0 Å². The van der Waals surface area contributed by atoms with Gasteiger partial charge in [-0.15, -0.1) is 0 Å². The van der Waals surface area contributed by atoms with Crippen molar-refractivity contribution in [1.82, 2.24) is 10.6 Å². The number of hydrogen-bond acceptors (Lipinski definition) is 3. The molecule has 0 saturated carbocycles. The molecule has 0 fully saturated rings. The van der Waals surface area contributed by atoms with Crippen LogP contribution in [0.4, 0.5) is 0 Å². The lowest BCUT2D eigenvalue weighted by Gasteiger charge is -2.11. The van der Waals surface area contributed by atoms with Gasteiger partial charge in [0.2, 0.25) is 0 Å². The highest BCUT2D eigenvalue weighted by Crippen LogP contribution is 2.11. The summed E-state index contributed by atoms with van der Waals surface area (Å²) in [7, 11) is 1.68. The molecule has 0 aliphatic heterocycles. The van der Waals surface area contributed by atoms with Crippen molar-refractivity contribution < 1.29 is 9.47 Å². The van der Waals surface area contributed by atoms with Crippen molar-refractivity contribution >= 4 is 5.96 Å². The minimum Gasteiger partial charge on any atom is -0.497 e. The van der Waals surface area contributed by atoms with E-state index >= 15 is 0 Å². The molecule has 0 bridgehead atoms. The minimum absolute atomic E-state index is 0.646. The fourth-order valence-corrected chi connectivity index (χ4v) is 2.59. The van der Waals surface area contributed by atoms with E-state index in [1.54, 1.807) is 7.11 Å². The summed E-state index contributed by atoms with van der Waals surface area (Å²) in [6.45, 7) is 7.78. The normalized spacial score (nSPS) is 11.3. The number of hydrogen-bond donors (Lipinski definition) is 2. The highest BCUT2D eigenvalue weighted by atomic mass is 16.5. The molecule has 2 aromatic rings.